The Bertz CT molecular complexity index is 599. The first-order valence-electron chi connectivity index (χ1n) is 7.44. The maximum atomic E-state index is 12.1. The molecule has 2 N–H and O–H groups in total. The van der Waals surface area contributed by atoms with Gasteiger partial charge in [-0.15, -0.1) is 0 Å². The number of methoxy groups -OCH3 is 1. The molecule has 2 amide bonds. The summed E-state index contributed by atoms with van der Waals surface area (Å²) < 4.78 is 5.07. The van der Waals surface area contributed by atoms with Gasteiger partial charge in [-0.25, -0.2) is 0 Å². The second-order valence-electron chi connectivity index (χ2n) is 5.62. The minimum atomic E-state index is -0.431. The number of anilines is 1. The third-order valence-corrected chi connectivity index (χ3v) is 4.24. The predicted octanol–water partition coefficient (Wildman–Crippen LogP) is 2.27. The first-order chi connectivity index (χ1) is 11.0. The SMILES string of the molecule is COc1ccc(NC(=O)C[C@H]2SC(=NCC(C)C)NC2=O)cc1. The molecule has 0 saturated carbocycles. The van der Waals surface area contributed by atoms with Gasteiger partial charge in [-0.1, -0.05) is 25.6 Å². The Kier molecular flexibility index (Phi) is 6.04. The predicted molar refractivity (Wildman–Crippen MR) is 92.9 cm³/mol. The molecule has 1 aromatic rings. The van der Waals surface area contributed by atoms with Crippen LogP contribution in [0.25, 0.3) is 0 Å². The minimum Gasteiger partial charge on any atom is -0.497 e. The van der Waals surface area contributed by atoms with E-state index in [1.807, 2.05) is 0 Å². The lowest BCUT2D eigenvalue weighted by molar-refractivity contribution is -0.122. The summed E-state index contributed by atoms with van der Waals surface area (Å²) in [4.78, 5) is 28.3. The number of amidine groups is 1. The maximum Gasteiger partial charge on any atom is 0.240 e. The fourth-order valence-electron chi connectivity index (χ4n) is 1.94. The maximum absolute atomic E-state index is 12.1. The number of hydrogen-bond donors (Lipinski definition) is 2. The van der Waals surface area contributed by atoms with E-state index in [9.17, 15) is 9.59 Å². The van der Waals surface area contributed by atoms with Crippen LogP contribution in [-0.4, -0.2) is 35.9 Å². The highest BCUT2D eigenvalue weighted by atomic mass is 32.2. The summed E-state index contributed by atoms with van der Waals surface area (Å²) in [5.74, 6) is 0.785. The van der Waals surface area contributed by atoms with Crippen molar-refractivity contribution in [2.45, 2.75) is 25.5 Å². The van der Waals surface area contributed by atoms with E-state index in [4.69, 9.17) is 4.74 Å². The Hall–Kier alpha value is -2.02. The molecule has 1 aromatic carbocycles. The molecule has 23 heavy (non-hydrogen) atoms. The molecule has 2 rings (SSSR count). The van der Waals surface area contributed by atoms with E-state index in [0.717, 1.165) is 5.75 Å². The van der Waals surface area contributed by atoms with Crippen LogP contribution in [0.1, 0.15) is 20.3 Å². The summed E-state index contributed by atoms with van der Waals surface area (Å²) >= 11 is 1.31. The number of carbonyl (C=O) groups excluding carboxylic acids is 2. The standard InChI is InChI=1S/C16H21N3O3S/c1-10(2)9-17-16-19-15(21)13(23-16)8-14(20)18-11-4-6-12(22-3)7-5-11/h4-7,10,13H,8-9H2,1-3H3,(H,18,20)(H,17,19,21)/t13-/m1/s1. The number of aliphatic imine (C=N–C) groups is 1. The van der Waals surface area contributed by atoms with Crippen LogP contribution in [0.2, 0.25) is 0 Å². The Labute approximate surface area is 140 Å². The highest BCUT2D eigenvalue weighted by molar-refractivity contribution is 8.15. The van der Waals surface area contributed by atoms with Crippen LogP contribution in [0.3, 0.4) is 0 Å². The van der Waals surface area contributed by atoms with Crippen LogP contribution in [0.5, 0.6) is 5.75 Å². The van der Waals surface area contributed by atoms with E-state index in [0.29, 0.717) is 23.3 Å². The zero-order valence-electron chi connectivity index (χ0n) is 13.5. The van der Waals surface area contributed by atoms with Crippen LogP contribution in [-0.2, 0) is 9.59 Å². The van der Waals surface area contributed by atoms with Gasteiger partial charge in [0.25, 0.3) is 0 Å². The topological polar surface area (TPSA) is 79.8 Å². The number of nitrogens with one attached hydrogen (secondary N) is 2. The van der Waals surface area contributed by atoms with Gasteiger partial charge in [0.05, 0.1) is 7.11 Å². The Morgan fingerprint density at radius 3 is 2.70 bits per heavy atom. The summed E-state index contributed by atoms with van der Waals surface area (Å²) in [6.07, 6.45) is 0.114. The van der Waals surface area contributed by atoms with Crippen LogP contribution in [0.15, 0.2) is 29.3 Å². The van der Waals surface area contributed by atoms with Crippen molar-refractivity contribution in [3.8, 4) is 5.75 Å². The molecule has 0 radical (unpaired) electrons. The molecule has 1 heterocycles. The van der Waals surface area contributed by atoms with Gasteiger partial charge in [-0.05, 0) is 30.2 Å². The lowest BCUT2D eigenvalue weighted by Gasteiger charge is -2.08. The molecule has 0 unspecified atom stereocenters. The highest BCUT2D eigenvalue weighted by Gasteiger charge is 2.31. The summed E-state index contributed by atoms with van der Waals surface area (Å²) in [6.45, 7) is 4.78. The number of carbonyl (C=O) groups is 2. The van der Waals surface area contributed by atoms with Gasteiger partial charge in [-0.3, -0.25) is 14.6 Å². The molecule has 0 aliphatic carbocycles. The van der Waals surface area contributed by atoms with Crippen LogP contribution in [0, 0.1) is 5.92 Å². The fourth-order valence-corrected chi connectivity index (χ4v) is 2.91. The second-order valence-corrected chi connectivity index (χ2v) is 6.81. The van der Waals surface area contributed by atoms with Gasteiger partial charge in [0.2, 0.25) is 11.8 Å². The van der Waals surface area contributed by atoms with Gasteiger partial charge in [0, 0.05) is 18.7 Å². The van der Waals surface area contributed by atoms with E-state index in [2.05, 4.69) is 29.5 Å². The quantitative estimate of drug-likeness (QED) is 0.836. The van der Waals surface area contributed by atoms with Crippen LogP contribution < -0.4 is 15.4 Å². The van der Waals surface area contributed by atoms with Crippen molar-refractivity contribution in [2.75, 3.05) is 19.0 Å². The van der Waals surface area contributed by atoms with Crippen molar-refractivity contribution in [1.82, 2.24) is 5.32 Å². The molecule has 1 saturated heterocycles. The highest BCUT2D eigenvalue weighted by Crippen LogP contribution is 2.23. The normalized spacial score (nSPS) is 19.0. The van der Waals surface area contributed by atoms with E-state index in [-0.39, 0.29) is 18.2 Å². The van der Waals surface area contributed by atoms with Crippen molar-refractivity contribution in [1.29, 1.82) is 0 Å². The number of nitrogens with zero attached hydrogens (tertiary/aromatic N) is 1. The average molecular weight is 335 g/mol. The lowest BCUT2D eigenvalue weighted by atomic mass is 10.2. The zero-order valence-corrected chi connectivity index (χ0v) is 14.3. The summed E-state index contributed by atoms with van der Waals surface area (Å²) in [7, 11) is 1.59. The van der Waals surface area contributed by atoms with Crippen LogP contribution in [0.4, 0.5) is 5.69 Å². The average Bonchev–Trinajstić information content (AvgIpc) is 2.86. The molecule has 1 fully saturated rings. The van der Waals surface area contributed by atoms with E-state index < -0.39 is 5.25 Å². The molecule has 7 heteroatoms. The first kappa shape index (κ1) is 17.3. The Morgan fingerprint density at radius 1 is 1.39 bits per heavy atom. The summed E-state index contributed by atoms with van der Waals surface area (Å²) in [5, 5.41) is 5.67. The number of hydrogen-bond acceptors (Lipinski definition) is 5. The van der Waals surface area contributed by atoms with E-state index in [1.54, 1.807) is 31.4 Å². The first-order valence-corrected chi connectivity index (χ1v) is 8.31. The van der Waals surface area contributed by atoms with Gasteiger partial charge in [-0.2, -0.15) is 0 Å². The van der Waals surface area contributed by atoms with Crippen molar-refractivity contribution in [3.63, 3.8) is 0 Å². The molecule has 0 spiro atoms. The smallest absolute Gasteiger partial charge is 0.240 e. The monoisotopic (exact) mass is 335 g/mol. The van der Waals surface area contributed by atoms with E-state index >= 15 is 0 Å². The van der Waals surface area contributed by atoms with Crippen molar-refractivity contribution in [3.05, 3.63) is 24.3 Å². The molecule has 6 nitrogen and oxygen atoms in total. The summed E-state index contributed by atoms with van der Waals surface area (Å²) in [6, 6.07) is 7.05. The molecular formula is C16H21N3O3S. The fraction of sp³-hybridized carbons (Fsp3) is 0.438. The van der Waals surface area contributed by atoms with Crippen molar-refractivity contribution < 1.29 is 14.3 Å². The number of benzene rings is 1. The lowest BCUT2D eigenvalue weighted by Crippen LogP contribution is -2.28. The molecule has 1 aliphatic heterocycles. The summed E-state index contributed by atoms with van der Waals surface area (Å²) in [5.41, 5.74) is 0.674. The Morgan fingerprint density at radius 2 is 2.09 bits per heavy atom. The van der Waals surface area contributed by atoms with Crippen LogP contribution >= 0.6 is 11.8 Å². The van der Waals surface area contributed by atoms with Gasteiger partial charge < -0.3 is 15.4 Å². The number of amides is 2. The second kappa shape index (κ2) is 8.01. The zero-order chi connectivity index (χ0) is 16.8. The third kappa shape index (κ3) is 5.28. The largest absolute Gasteiger partial charge is 0.497 e. The molecule has 124 valence electrons. The number of rotatable bonds is 6. The van der Waals surface area contributed by atoms with Crippen molar-refractivity contribution in [2.24, 2.45) is 10.9 Å². The number of thioether (sulfide) groups is 1. The van der Waals surface area contributed by atoms with Gasteiger partial charge in [0.1, 0.15) is 11.0 Å². The van der Waals surface area contributed by atoms with Gasteiger partial charge in [0.15, 0.2) is 5.17 Å². The molecule has 1 atom stereocenters. The van der Waals surface area contributed by atoms with Crippen molar-refractivity contribution >= 4 is 34.4 Å². The molecule has 0 bridgehead atoms. The molecular weight excluding hydrogens is 314 g/mol. The third-order valence-electron chi connectivity index (χ3n) is 3.12. The van der Waals surface area contributed by atoms with Gasteiger partial charge >= 0.3 is 0 Å². The Balaban J connectivity index is 1.87. The molecule has 1 aliphatic rings. The van der Waals surface area contributed by atoms with E-state index in [1.165, 1.54) is 11.8 Å². The molecule has 0 aromatic heterocycles. The number of ether oxygens (including phenoxy) is 1. The minimum absolute atomic E-state index is 0.114.